The molecule has 9 heteroatoms. The molecule has 19 heavy (non-hydrogen) atoms. The number of amides is 1. The third-order valence-corrected chi connectivity index (χ3v) is 2.25. The number of alkyl halides is 4. The van der Waals surface area contributed by atoms with E-state index in [9.17, 15) is 22.4 Å². The summed E-state index contributed by atoms with van der Waals surface area (Å²) in [6.07, 6.45) is -3.79. The number of carbonyl (C=O) groups is 1. The molecule has 0 spiro atoms. The zero-order valence-corrected chi connectivity index (χ0v) is 9.88. The minimum Gasteiger partial charge on any atom is -0.456 e. The van der Waals surface area contributed by atoms with Gasteiger partial charge in [-0.1, -0.05) is 0 Å². The summed E-state index contributed by atoms with van der Waals surface area (Å²) >= 11 is 0. The lowest BCUT2D eigenvalue weighted by atomic mass is 10.2. The molecule has 1 amide bonds. The fraction of sp³-hybridized carbons (Fsp3) is 0.500. The Labute approximate surface area is 105 Å². The van der Waals surface area contributed by atoms with Crippen molar-refractivity contribution < 1.29 is 31.5 Å². The van der Waals surface area contributed by atoms with E-state index < -0.39 is 24.9 Å². The van der Waals surface area contributed by atoms with Crippen molar-refractivity contribution in [2.24, 2.45) is 5.84 Å². The summed E-state index contributed by atoms with van der Waals surface area (Å²) < 4.78 is 58.3. The molecular weight excluding hydrogens is 272 g/mol. The molecule has 0 saturated heterocycles. The van der Waals surface area contributed by atoms with Crippen LogP contribution in [0.1, 0.15) is 21.9 Å². The Morgan fingerprint density at radius 1 is 1.58 bits per heavy atom. The molecule has 0 fully saturated rings. The Bertz CT molecular complexity index is 448. The zero-order valence-electron chi connectivity index (χ0n) is 9.88. The molecule has 3 N–H and O–H groups in total. The first-order chi connectivity index (χ1) is 8.77. The van der Waals surface area contributed by atoms with Crippen LogP contribution in [0.5, 0.6) is 0 Å². The van der Waals surface area contributed by atoms with Crippen molar-refractivity contribution in [3.05, 3.63) is 23.2 Å². The van der Waals surface area contributed by atoms with Gasteiger partial charge in [0.15, 0.2) is 5.76 Å². The van der Waals surface area contributed by atoms with Crippen molar-refractivity contribution in [2.45, 2.75) is 25.9 Å². The highest BCUT2D eigenvalue weighted by Gasteiger charge is 2.41. The number of hydrogen-bond acceptors (Lipinski definition) is 4. The summed E-state index contributed by atoms with van der Waals surface area (Å²) in [7, 11) is 0. The van der Waals surface area contributed by atoms with E-state index in [4.69, 9.17) is 10.3 Å². The second kappa shape index (κ2) is 6.02. The van der Waals surface area contributed by atoms with Crippen LogP contribution in [-0.2, 0) is 11.3 Å². The third-order valence-electron chi connectivity index (χ3n) is 2.25. The molecule has 0 aliphatic heterocycles. The average molecular weight is 284 g/mol. The molecular formula is C10H12F4N2O3. The maximum Gasteiger partial charge on any atom is 0.330 e. The Morgan fingerprint density at radius 3 is 2.74 bits per heavy atom. The fourth-order valence-corrected chi connectivity index (χ4v) is 1.21. The van der Waals surface area contributed by atoms with Crippen LogP contribution < -0.4 is 11.3 Å². The number of hydrogen-bond donors (Lipinski definition) is 2. The molecule has 1 aromatic heterocycles. The molecule has 0 unspecified atom stereocenters. The number of nitrogens with one attached hydrogen (secondary N) is 1. The molecule has 0 bridgehead atoms. The summed E-state index contributed by atoms with van der Waals surface area (Å²) in [6.45, 7) is -0.333. The molecule has 0 aliphatic carbocycles. The first-order valence-electron chi connectivity index (χ1n) is 5.12. The van der Waals surface area contributed by atoms with Gasteiger partial charge in [-0.05, 0) is 13.0 Å². The number of rotatable bonds is 6. The minimum absolute atomic E-state index is 0.126. The van der Waals surface area contributed by atoms with Gasteiger partial charge in [0, 0.05) is 5.56 Å². The average Bonchev–Trinajstić information content (AvgIpc) is 2.69. The van der Waals surface area contributed by atoms with Crippen LogP contribution in [-0.4, -0.2) is 24.9 Å². The lowest BCUT2D eigenvalue weighted by Gasteiger charge is -2.14. The first-order valence-corrected chi connectivity index (χ1v) is 5.12. The van der Waals surface area contributed by atoms with Crippen molar-refractivity contribution in [2.75, 3.05) is 6.61 Å². The Morgan fingerprint density at radius 2 is 2.21 bits per heavy atom. The smallest absolute Gasteiger partial charge is 0.330 e. The summed E-state index contributed by atoms with van der Waals surface area (Å²) in [4.78, 5) is 11.1. The van der Waals surface area contributed by atoms with E-state index in [2.05, 4.69) is 4.74 Å². The van der Waals surface area contributed by atoms with E-state index in [0.29, 0.717) is 5.56 Å². The van der Waals surface area contributed by atoms with Crippen LogP contribution in [0.25, 0.3) is 0 Å². The monoisotopic (exact) mass is 284 g/mol. The number of furan rings is 1. The predicted molar refractivity (Wildman–Crippen MR) is 55.7 cm³/mol. The van der Waals surface area contributed by atoms with Crippen LogP contribution in [0.2, 0.25) is 0 Å². The predicted octanol–water partition coefficient (Wildman–Crippen LogP) is 1.61. The molecule has 108 valence electrons. The van der Waals surface area contributed by atoms with Crippen LogP contribution in [0, 0.1) is 6.92 Å². The molecule has 1 rings (SSSR count). The molecule has 0 aliphatic rings. The largest absolute Gasteiger partial charge is 0.456 e. The SMILES string of the molecule is Cc1oc(C(=O)NN)cc1COCC(F)(F)C(F)F. The van der Waals surface area contributed by atoms with E-state index in [1.807, 2.05) is 5.43 Å². The van der Waals surface area contributed by atoms with Crippen LogP contribution in [0.4, 0.5) is 17.6 Å². The van der Waals surface area contributed by atoms with Gasteiger partial charge in [0.25, 0.3) is 0 Å². The molecule has 0 aromatic carbocycles. The highest BCUT2D eigenvalue weighted by Crippen LogP contribution is 2.24. The second-order valence-corrected chi connectivity index (χ2v) is 3.72. The highest BCUT2D eigenvalue weighted by molar-refractivity contribution is 5.91. The minimum atomic E-state index is -4.21. The maximum atomic E-state index is 12.6. The molecule has 5 nitrogen and oxygen atoms in total. The Hall–Kier alpha value is -1.61. The van der Waals surface area contributed by atoms with Gasteiger partial charge in [0.2, 0.25) is 0 Å². The lowest BCUT2D eigenvalue weighted by molar-refractivity contribution is -0.168. The van der Waals surface area contributed by atoms with Gasteiger partial charge in [-0.2, -0.15) is 8.78 Å². The van der Waals surface area contributed by atoms with E-state index in [1.54, 1.807) is 0 Å². The van der Waals surface area contributed by atoms with E-state index in [-0.39, 0.29) is 18.1 Å². The van der Waals surface area contributed by atoms with Crippen molar-refractivity contribution in [1.29, 1.82) is 0 Å². The van der Waals surface area contributed by atoms with Gasteiger partial charge >= 0.3 is 18.3 Å². The fourth-order valence-electron chi connectivity index (χ4n) is 1.21. The number of halogens is 4. The molecule has 1 aromatic rings. The van der Waals surface area contributed by atoms with Gasteiger partial charge in [-0.3, -0.25) is 10.2 Å². The number of hydrazine groups is 1. The summed E-state index contributed by atoms with van der Waals surface area (Å²) in [5.74, 6) is 0.0891. The van der Waals surface area contributed by atoms with Gasteiger partial charge in [0.1, 0.15) is 12.4 Å². The third kappa shape index (κ3) is 3.93. The van der Waals surface area contributed by atoms with Gasteiger partial charge in [-0.15, -0.1) is 0 Å². The topological polar surface area (TPSA) is 77.5 Å². The van der Waals surface area contributed by atoms with Crippen molar-refractivity contribution in [1.82, 2.24) is 5.43 Å². The van der Waals surface area contributed by atoms with Crippen LogP contribution >= 0.6 is 0 Å². The van der Waals surface area contributed by atoms with Crippen molar-refractivity contribution in [3.8, 4) is 0 Å². The number of aryl methyl sites for hydroxylation is 1. The number of nitrogen functional groups attached to an aromatic ring is 1. The van der Waals surface area contributed by atoms with Crippen LogP contribution in [0.15, 0.2) is 10.5 Å². The first kappa shape index (κ1) is 15.4. The number of nitrogens with two attached hydrogens (primary N) is 1. The summed E-state index contributed by atoms with van der Waals surface area (Å²) in [6, 6.07) is 1.23. The van der Waals surface area contributed by atoms with Gasteiger partial charge in [-0.25, -0.2) is 14.6 Å². The maximum absolute atomic E-state index is 12.6. The molecule has 0 saturated carbocycles. The van der Waals surface area contributed by atoms with Gasteiger partial charge < -0.3 is 9.15 Å². The van der Waals surface area contributed by atoms with Crippen molar-refractivity contribution in [3.63, 3.8) is 0 Å². The zero-order chi connectivity index (χ0) is 14.6. The molecule has 1 heterocycles. The normalized spacial score (nSPS) is 11.9. The highest BCUT2D eigenvalue weighted by atomic mass is 19.3. The lowest BCUT2D eigenvalue weighted by Crippen LogP contribution is -2.32. The Balaban J connectivity index is 2.59. The number of ether oxygens (including phenoxy) is 1. The molecule has 0 radical (unpaired) electrons. The van der Waals surface area contributed by atoms with Crippen molar-refractivity contribution >= 4 is 5.91 Å². The van der Waals surface area contributed by atoms with Gasteiger partial charge in [0.05, 0.1) is 6.61 Å². The quantitative estimate of drug-likeness (QED) is 0.360. The molecule has 0 atom stereocenters. The van der Waals surface area contributed by atoms with E-state index >= 15 is 0 Å². The van der Waals surface area contributed by atoms with E-state index in [0.717, 1.165) is 0 Å². The summed E-state index contributed by atoms with van der Waals surface area (Å²) in [5.41, 5.74) is 2.12. The number of carbonyl (C=O) groups excluding carboxylic acids is 1. The standard InChI is InChI=1S/C10H12F4N2O3/c1-5-6(2-7(19-5)8(17)16-15)3-18-4-10(13,14)9(11)12/h2,9H,3-4,15H2,1H3,(H,16,17). The second-order valence-electron chi connectivity index (χ2n) is 3.72. The van der Waals surface area contributed by atoms with E-state index in [1.165, 1.54) is 13.0 Å². The Kier molecular flexibility index (Phi) is 4.90. The van der Waals surface area contributed by atoms with Crippen LogP contribution in [0.3, 0.4) is 0 Å². The summed E-state index contributed by atoms with van der Waals surface area (Å²) in [5, 5.41) is 0.